The van der Waals surface area contributed by atoms with Crippen LogP contribution in [0.4, 0.5) is 11.4 Å². The highest BCUT2D eigenvalue weighted by Crippen LogP contribution is 2.30. The van der Waals surface area contributed by atoms with E-state index < -0.39 is 10.0 Å². The quantitative estimate of drug-likeness (QED) is 0.853. The molecule has 6 nitrogen and oxygen atoms in total. The molecule has 0 fully saturated rings. The average Bonchev–Trinajstić information content (AvgIpc) is 2.84. The van der Waals surface area contributed by atoms with E-state index in [1.807, 2.05) is 37.2 Å². The van der Waals surface area contributed by atoms with Gasteiger partial charge in [-0.15, -0.1) is 0 Å². The van der Waals surface area contributed by atoms with Crippen molar-refractivity contribution in [2.75, 3.05) is 30.3 Å². The van der Waals surface area contributed by atoms with Gasteiger partial charge < -0.3 is 4.90 Å². The molecule has 2 rings (SSSR count). The summed E-state index contributed by atoms with van der Waals surface area (Å²) in [4.78, 5) is 1.88. The minimum Gasteiger partial charge on any atom is -0.376 e. The monoisotopic (exact) mass is 294 g/mol. The molecule has 0 aliphatic heterocycles. The van der Waals surface area contributed by atoms with Crippen LogP contribution in [-0.2, 0) is 17.1 Å². The number of benzene rings is 1. The summed E-state index contributed by atoms with van der Waals surface area (Å²) < 4.78 is 27.9. The van der Waals surface area contributed by atoms with Gasteiger partial charge in [-0.1, -0.05) is 12.1 Å². The third-order valence-electron chi connectivity index (χ3n) is 3.10. The topological polar surface area (TPSA) is 58.4 Å². The Hall–Kier alpha value is -2.02. The van der Waals surface area contributed by atoms with Gasteiger partial charge in [-0.3, -0.25) is 8.99 Å². The molecule has 2 aromatic rings. The SMILES string of the molecule is CN(C)c1ccccc1N(C)S(=O)(=O)c1ccnn1C. The van der Waals surface area contributed by atoms with Crippen LogP contribution >= 0.6 is 0 Å². The molecule has 1 heterocycles. The van der Waals surface area contributed by atoms with Crippen molar-refractivity contribution < 1.29 is 8.42 Å². The van der Waals surface area contributed by atoms with Gasteiger partial charge in [0.1, 0.15) is 0 Å². The largest absolute Gasteiger partial charge is 0.376 e. The van der Waals surface area contributed by atoms with Crippen LogP contribution in [0, 0.1) is 0 Å². The molecule has 0 amide bonds. The highest BCUT2D eigenvalue weighted by molar-refractivity contribution is 7.92. The number of rotatable bonds is 4. The van der Waals surface area contributed by atoms with E-state index >= 15 is 0 Å². The van der Waals surface area contributed by atoms with Gasteiger partial charge in [0, 0.05) is 28.2 Å². The average molecular weight is 294 g/mol. The molecule has 0 saturated heterocycles. The zero-order valence-electron chi connectivity index (χ0n) is 12.0. The number of hydrogen-bond donors (Lipinski definition) is 0. The molecule has 1 aromatic carbocycles. The summed E-state index contributed by atoms with van der Waals surface area (Å²) in [6, 6.07) is 8.85. The summed E-state index contributed by atoms with van der Waals surface area (Å²) in [5.41, 5.74) is 1.46. The van der Waals surface area contributed by atoms with Crippen molar-refractivity contribution in [1.29, 1.82) is 0 Å². The van der Waals surface area contributed by atoms with Crippen molar-refractivity contribution in [3.8, 4) is 0 Å². The molecule has 0 saturated carbocycles. The van der Waals surface area contributed by atoms with Crippen LogP contribution in [0.3, 0.4) is 0 Å². The Labute approximate surface area is 119 Å². The fourth-order valence-corrected chi connectivity index (χ4v) is 3.30. The lowest BCUT2D eigenvalue weighted by Crippen LogP contribution is -2.29. The second-order valence-corrected chi connectivity index (χ2v) is 6.56. The van der Waals surface area contributed by atoms with Gasteiger partial charge >= 0.3 is 0 Å². The zero-order chi connectivity index (χ0) is 14.9. The summed E-state index contributed by atoms with van der Waals surface area (Å²) in [5, 5.41) is 4.08. The van der Waals surface area contributed by atoms with Crippen LogP contribution in [0.5, 0.6) is 0 Å². The zero-order valence-corrected chi connectivity index (χ0v) is 12.8. The maximum atomic E-state index is 12.6. The first kappa shape index (κ1) is 14.4. The molecule has 108 valence electrons. The standard InChI is InChI=1S/C13H18N4O2S/c1-15(2)11-7-5-6-8-12(11)17(4)20(18,19)13-9-10-14-16(13)3/h5-10H,1-4H3. The Kier molecular flexibility index (Phi) is 3.71. The molecule has 0 radical (unpaired) electrons. The number of hydrogen-bond acceptors (Lipinski definition) is 4. The summed E-state index contributed by atoms with van der Waals surface area (Å²) in [7, 11) is 3.28. The molecular weight excluding hydrogens is 276 g/mol. The smallest absolute Gasteiger partial charge is 0.281 e. The molecule has 7 heteroatoms. The third-order valence-corrected chi connectivity index (χ3v) is 4.95. The molecule has 0 N–H and O–H groups in total. The normalized spacial score (nSPS) is 11.4. The molecule has 0 aliphatic rings. The number of para-hydroxylation sites is 2. The van der Waals surface area contributed by atoms with Crippen molar-refractivity contribution in [2.45, 2.75) is 5.03 Å². The Morgan fingerprint density at radius 2 is 1.65 bits per heavy atom. The van der Waals surface area contributed by atoms with Gasteiger partial charge in [-0.25, -0.2) is 0 Å². The van der Waals surface area contributed by atoms with E-state index in [2.05, 4.69) is 5.10 Å². The third kappa shape index (κ3) is 2.36. The van der Waals surface area contributed by atoms with Crippen molar-refractivity contribution >= 4 is 21.4 Å². The first-order valence-electron chi connectivity index (χ1n) is 6.09. The van der Waals surface area contributed by atoms with E-state index in [0.717, 1.165) is 5.69 Å². The first-order chi connectivity index (χ1) is 9.35. The number of nitrogens with zero attached hydrogens (tertiary/aromatic N) is 4. The molecule has 0 bridgehead atoms. The van der Waals surface area contributed by atoms with E-state index in [-0.39, 0.29) is 5.03 Å². The van der Waals surface area contributed by atoms with Crippen LogP contribution in [-0.4, -0.2) is 39.3 Å². The number of aromatic nitrogens is 2. The lowest BCUT2D eigenvalue weighted by molar-refractivity contribution is 0.575. The summed E-state index contributed by atoms with van der Waals surface area (Å²) >= 11 is 0. The second-order valence-electron chi connectivity index (χ2n) is 4.65. The van der Waals surface area contributed by atoms with Crippen LogP contribution in [0.25, 0.3) is 0 Å². The van der Waals surface area contributed by atoms with Gasteiger partial charge in [0.25, 0.3) is 10.0 Å². The fraction of sp³-hybridized carbons (Fsp3) is 0.308. The highest BCUT2D eigenvalue weighted by atomic mass is 32.2. The van der Waals surface area contributed by atoms with Crippen LogP contribution < -0.4 is 9.21 Å². The van der Waals surface area contributed by atoms with Gasteiger partial charge in [0.15, 0.2) is 5.03 Å². The van der Waals surface area contributed by atoms with Crippen molar-refractivity contribution in [3.05, 3.63) is 36.5 Å². The summed E-state index contributed by atoms with van der Waals surface area (Å²) in [6.07, 6.45) is 1.47. The second kappa shape index (κ2) is 5.16. The van der Waals surface area contributed by atoms with Crippen LogP contribution in [0.1, 0.15) is 0 Å². The van der Waals surface area contributed by atoms with Crippen molar-refractivity contribution in [2.24, 2.45) is 7.05 Å². The minimum atomic E-state index is -3.63. The Morgan fingerprint density at radius 1 is 1.05 bits per heavy atom. The van der Waals surface area contributed by atoms with E-state index in [0.29, 0.717) is 5.69 Å². The first-order valence-corrected chi connectivity index (χ1v) is 7.53. The van der Waals surface area contributed by atoms with Crippen molar-refractivity contribution in [1.82, 2.24) is 9.78 Å². The van der Waals surface area contributed by atoms with Gasteiger partial charge in [0.2, 0.25) is 0 Å². The van der Waals surface area contributed by atoms with Gasteiger partial charge in [0.05, 0.1) is 17.6 Å². The number of anilines is 2. The van der Waals surface area contributed by atoms with Gasteiger partial charge in [-0.05, 0) is 18.2 Å². The lowest BCUT2D eigenvalue weighted by atomic mass is 10.2. The van der Waals surface area contributed by atoms with Crippen molar-refractivity contribution in [3.63, 3.8) is 0 Å². The lowest BCUT2D eigenvalue weighted by Gasteiger charge is -2.25. The maximum absolute atomic E-state index is 12.6. The van der Waals surface area contributed by atoms with Crippen LogP contribution in [0.15, 0.2) is 41.6 Å². The minimum absolute atomic E-state index is 0.161. The molecule has 0 aliphatic carbocycles. The summed E-state index contributed by atoms with van der Waals surface area (Å²) in [5.74, 6) is 0. The van der Waals surface area contributed by atoms with E-state index in [4.69, 9.17) is 0 Å². The number of sulfonamides is 1. The molecule has 0 unspecified atom stereocenters. The molecular formula is C13H18N4O2S. The number of aryl methyl sites for hydroxylation is 1. The maximum Gasteiger partial charge on any atom is 0.281 e. The van der Waals surface area contributed by atoms with Gasteiger partial charge in [-0.2, -0.15) is 13.5 Å². The highest BCUT2D eigenvalue weighted by Gasteiger charge is 2.26. The van der Waals surface area contributed by atoms with E-state index in [1.54, 1.807) is 20.2 Å². The fourth-order valence-electron chi connectivity index (χ4n) is 1.99. The predicted octanol–water partition coefficient (Wildman–Crippen LogP) is 1.31. The van der Waals surface area contributed by atoms with E-state index in [9.17, 15) is 8.42 Å². The Bertz CT molecular complexity index is 707. The molecule has 20 heavy (non-hydrogen) atoms. The Balaban J connectivity index is 2.52. The molecule has 0 spiro atoms. The molecule has 1 aromatic heterocycles. The molecule has 0 atom stereocenters. The predicted molar refractivity (Wildman–Crippen MR) is 79.6 cm³/mol. The summed E-state index contributed by atoms with van der Waals surface area (Å²) in [6.45, 7) is 0. The van der Waals surface area contributed by atoms with Crippen LogP contribution in [0.2, 0.25) is 0 Å². The van der Waals surface area contributed by atoms with E-state index in [1.165, 1.54) is 21.3 Å². The Morgan fingerprint density at radius 3 is 2.15 bits per heavy atom.